The Morgan fingerprint density at radius 1 is 1.33 bits per heavy atom. The third-order valence-electron chi connectivity index (χ3n) is 2.89. The van der Waals surface area contributed by atoms with E-state index in [4.69, 9.17) is 0 Å². The van der Waals surface area contributed by atoms with Crippen LogP contribution in [-0.4, -0.2) is 23.1 Å². The molecule has 1 aromatic heterocycles. The highest BCUT2D eigenvalue weighted by atomic mass is 79.9. The van der Waals surface area contributed by atoms with E-state index in [1.807, 2.05) is 37.3 Å². The number of anilines is 1. The zero-order valence-electron chi connectivity index (χ0n) is 12.0. The van der Waals surface area contributed by atoms with Crippen LogP contribution in [-0.2, 0) is 0 Å². The molecule has 21 heavy (non-hydrogen) atoms. The Morgan fingerprint density at radius 2 is 2.05 bits per heavy atom. The predicted octanol–water partition coefficient (Wildman–Crippen LogP) is 4.56. The van der Waals surface area contributed by atoms with Crippen LogP contribution in [0.5, 0.6) is 0 Å². The van der Waals surface area contributed by atoms with E-state index in [0.29, 0.717) is 5.69 Å². The molecule has 0 aliphatic heterocycles. The van der Waals surface area contributed by atoms with E-state index in [1.165, 1.54) is 5.56 Å². The van der Waals surface area contributed by atoms with Crippen molar-refractivity contribution in [3.8, 4) is 0 Å². The number of carbonyl (C=O) groups excluding carboxylic acids is 1. The second-order valence-electron chi connectivity index (χ2n) is 4.58. The zero-order valence-corrected chi connectivity index (χ0v) is 14.4. The Labute approximate surface area is 137 Å². The van der Waals surface area contributed by atoms with Gasteiger partial charge in [0.25, 0.3) is 0 Å². The molecule has 3 nitrogen and oxygen atoms in total. The van der Waals surface area contributed by atoms with Crippen LogP contribution in [0, 0.1) is 6.92 Å². The number of halogens is 1. The monoisotopic (exact) mass is 364 g/mol. The summed E-state index contributed by atoms with van der Waals surface area (Å²) in [6.45, 7) is 4.34. The van der Waals surface area contributed by atoms with Crippen molar-refractivity contribution in [1.82, 2.24) is 4.98 Å². The number of pyridine rings is 1. The van der Waals surface area contributed by atoms with Gasteiger partial charge in [-0.15, -0.1) is 11.8 Å². The molecule has 1 aromatic carbocycles. The average Bonchev–Trinajstić information content (AvgIpc) is 2.47. The first-order chi connectivity index (χ1) is 10.1. The first-order valence-corrected chi connectivity index (χ1v) is 8.50. The van der Waals surface area contributed by atoms with Gasteiger partial charge in [0.1, 0.15) is 5.69 Å². The van der Waals surface area contributed by atoms with Crippen LogP contribution in [0.4, 0.5) is 5.69 Å². The van der Waals surface area contributed by atoms with Gasteiger partial charge in [-0.2, -0.15) is 0 Å². The number of carbonyl (C=O) groups is 1. The number of nitrogens with one attached hydrogen (secondary N) is 1. The molecule has 5 heteroatoms. The van der Waals surface area contributed by atoms with Gasteiger partial charge >= 0.3 is 0 Å². The van der Waals surface area contributed by atoms with E-state index >= 15 is 0 Å². The molecule has 0 saturated heterocycles. The van der Waals surface area contributed by atoms with E-state index < -0.39 is 0 Å². The predicted molar refractivity (Wildman–Crippen MR) is 92.3 cm³/mol. The summed E-state index contributed by atoms with van der Waals surface area (Å²) in [5, 5.41) is 3.14. The molecular weight excluding hydrogens is 348 g/mol. The third kappa shape index (κ3) is 4.58. The van der Waals surface area contributed by atoms with Gasteiger partial charge in [0, 0.05) is 21.3 Å². The molecule has 0 atom stereocenters. The highest BCUT2D eigenvalue weighted by molar-refractivity contribution is 9.10. The molecule has 0 aliphatic rings. The molecule has 2 aromatic rings. The van der Waals surface area contributed by atoms with Crippen molar-refractivity contribution in [1.29, 1.82) is 0 Å². The average molecular weight is 365 g/mol. The molecule has 0 aliphatic carbocycles. The van der Waals surface area contributed by atoms with Gasteiger partial charge in [-0.3, -0.25) is 9.78 Å². The molecular formula is C16H17BrN2OS. The lowest BCUT2D eigenvalue weighted by Gasteiger charge is -2.09. The van der Waals surface area contributed by atoms with Crippen LogP contribution >= 0.6 is 27.7 Å². The van der Waals surface area contributed by atoms with Crippen LogP contribution in [0.3, 0.4) is 0 Å². The van der Waals surface area contributed by atoms with Crippen molar-refractivity contribution in [2.24, 2.45) is 0 Å². The van der Waals surface area contributed by atoms with Gasteiger partial charge in [-0.1, -0.05) is 24.6 Å². The number of aryl methyl sites for hydroxylation is 1. The number of thioether (sulfide) groups is 1. The highest BCUT2D eigenvalue weighted by Gasteiger charge is 2.13. The summed E-state index contributed by atoms with van der Waals surface area (Å²) in [6, 6.07) is 9.92. The van der Waals surface area contributed by atoms with Crippen molar-refractivity contribution in [2.45, 2.75) is 18.7 Å². The minimum Gasteiger partial charge on any atom is -0.378 e. The number of hydrogen-bond donors (Lipinski definition) is 1. The number of ketones is 1. The number of hydrogen-bond acceptors (Lipinski definition) is 4. The number of aromatic nitrogens is 1. The quantitative estimate of drug-likeness (QED) is 0.602. The lowest BCUT2D eigenvalue weighted by Crippen LogP contribution is -2.16. The first kappa shape index (κ1) is 16.0. The van der Waals surface area contributed by atoms with Gasteiger partial charge in [0.15, 0.2) is 0 Å². The molecule has 110 valence electrons. The molecule has 2 rings (SSSR count). The molecule has 1 N–H and O–H groups in total. The van der Waals surface area contributed by atoms with Gasteiger partial charge in [-0.05, 0) is 46.8 Å². The van der Waals surface area contributed by atoms with Gasteiger partial charge in [0.05, 0.1) is 6.54 Å². The van der Waals surface area contributed by atoms with Crippen LogP contribution in [0.25, 0.3) is 0 Å². The first-order valence-electron chi connectivity index (χ1n) is 6.72. The fourth-order valence-corrected chi connectivity index (χ4v) is 3.14. The van der Waals surface area contributed by atoms with Crippen LogP contribution < -0.4 is 5.32 Å². The van der Waals surface area contributed by atoms with Crippen LogP contribution in [0.1, 0.15) is 23.0 Å². The second-order valence-corrected chi connectivity index (χ2v) is 6.80. The van der Waals surface area contributed by atoms with E-state index in [1.54, 1.807) is 18.0 Å². The lowest BCUT2D eigenvalue weighted by molar-refractivity contribution is 0.0998. The van der Waals surface area contributed by atoms with E-state index in [-0.39, 0.29) is 12.3 Å². The van der Waals surface area contributed by atoms with Crippen LogP contribution in [0.15, 0.2) is 45.9 Å². The Kier molecular flexibility index (Phi) is 5.82. The van der Waals surface area contributed by atoms with E-state index in [0.717, 1.165) is 20.8 Å². The summed E-state index contributed by atoms with van der Waals surface area (Å²) in [5.41, 5.74) is 2.67. The third-order valence-corrected chi connectivity index (χ3v) is 4.23. The minimum atomic E-state index is -0.000903. The Balaban J connectivity index is 2.07. The molecule has 0 amide bonds. The SMILES string of the molecule is CCSc1cc(Br)cnc1C(=O)CNc1ccc(C)cc1. The summed E-state index contributed by atoms with van der Waals surface area (Å²) < 4.78 is 0.890. The molecule has 1 heterocycles. The van der Waals surface area contributed by atoms with Crippen molar-refractivity contribution in [3.05, 3.63) is 52.3 Å². The van der Waals surface area contributed by atoms with Gasteiger partial charge < -0.3 is 5.32 Å². The molecule has 0 saturated carbocycles. The van der Waals surface area contributed by atoms with Crippen molar-refractivity contribution >= 4 is 39.2 Å². The Morgan fingerprint density at radius 3 is 2.71 bits per heavy atom. The summed E-state index contributed by atoms with van der Waals surface area (Å²) in [7, 11) is 0. The summed E-state index contributed by atoms with van der Waals surface area (Å²) in [4.78, 5) is 17.5. The van der Waals surface area contributed by atoms with E-state index in [9.17, 15) is 4.79 Å². The summed E-state index contributed by atoms with van der Waals surface area (Å²) in [6.07, 6.45) is 1.67. The largest absolute Gasteiger partial charge is 0.378 e. The molecule has 0 unspecified atom stereocenters. The smallest absolute Gasteiger partial charge is 0.201 e. The summed E-state index contributed by atoms with van der Waals surface area (Å²) >= 11 is 5.02. The number of benzene rings is 1. The zero-order chi connectivity index (χ0) is 15.2. The molecule has 0 bridgehead atoms. The maximum absolute atomic E-state index is 12.3. The fraction of sp³-hybridized carbons (Fsp3) is 0.250. The standard InChI is InChI=1S/C16H17BrN2OS/c1-3-21-15-8-12(17)9-19-16(15)14(20)10-18-13-6-4-11(2)5-7-13/h4-9,18H,3,10H2,1-2H3. The normalized spacial score (nSPS) is 10.4. The maximum Gasteiger partial charge on any atom is 0.201 e. The second kappa shape index (κ2) is 7.61. The van der Waals surface area contributed by atoms with Crippen molar-refractivity contribution in [3.63, 3.8) is 0 Å². The Hall–Kier alpha value is -1.33. The topological polar surface area (TPSA) is 42.0 Å². The lowest BCUT2D eigenvalue weighted by atomic mass is 10.2. The Bertz CT molecular complexity index is 629. The van der Waals surface area contributed by atoms with Gasteiger partial charge in [-0.25, -0.2) is 0 Å². The number of Topliss-reactive ketones (excluding diaryl/α,β-unsaturated/α-hetero) is 1. The fourth-order valence-electron chi connectivity index (χ4n) is 1.83. The van der Waals surface area contributed by atoms with E-state index in [2.05, 4.69) is 33.2 Å². The maximum atomic E-state index is 12.3. The molecule has 0 spiro atoms. The number of rotatable bonds is 6. The minimum absolute atomic E-state index is 0.000903. The molecule has 0 radical (unpaired) electrons. The summed E-state index contributed by atoms with van der Waals surface area (Å²) in [5.74, 6) is 0.906. The number of nitrogens with zero attached hydrogens (tertiary/aromatic N) is 1. The van der Waals surface area contributed by atoms with Crippen molar-refractivity contribution < 1.29 is 4.79 Å². The van der Waals surface area contributed by atoms with Crippen LogP contribution in [0.2, 0.25) is 0 Å². The highest BCUT2D eigenvalue weighted by Crippen LogP contribution is 2.25. The molecule has 0 fully saturated rings. The van der Waals surface area contributed by atoms with Gasteiger partial charge in [0.2, 0.25) is 5.78 Å². The van der Waals surface area contributed by atoms with Crippen molar-refractivity contribution in [2.75, 3.05) is 17.6 Å².